The van der Waals surface area contributed by atoms with Gasteiger partial charge in [-0.3, -0.25) is 10.1 Å². The summed E-state index contributed by atoms with van der Waals surface area (Å²) in [4.78, 5) is 9.56. The molecule has 0 aromatic carbocycles. The first kappa shape index (κ1) is 9.03. The second kappa shape index (κ2) is 8.03. The van der Waals surface area contributed by atoms with E-state index in [2.05, 4.69) is 24.2 Å². The zero-order valence-electron chi connectivity index (χ0n) is 6.24. The smallest absolute Gasteiger partial charge is 0.277 e. The molecule has 1 N–H and O–H groups in total. The van der Waals surface area contributed by atoms with E-state index in [0.29, 0.717) is 0 Å². The molecule has 0 aromatic rings. The van der Waals surface area contributed by atoms with Crippen molar-refractivity contribution in [1.82, 2.24) is 5.32 Å². The van der Waals surface area contributed by atoms with Gasteiger partial charge in [0.25, 0.3) is 0 Å². The Morgan fingerprint density at radius 1 is 1.40 bits per heavy atom. The van der Waals surface area contributed by atoms with Gasteiger partial charge in [-0.2, -0.15) is 0 Å². The van der Waals surface area contributed by atoms with Crippen LogP contribution >= 0.6 is 0 Å². The number of hydrogen-bond donors (Lipinski definition) is 1. The lowest BCUT2D eigenvalue weighted by Gasteiger charge is -1.87. The maximum atomic E-state index is 9.56. The summed E-state index contributed by atoms with van der Waals surface area (Å²) in [6, 6.07) is 2.47. The van der Waals surface area contributed by atoms with Crippen LogP contribution in [0.5, 0.6) is 0 Å². The van der Waals surface area contributed by atoms with Crippen molar-refractivity contribution in [1.29, 1.82) is 0 Å². The van der Waals surface area contributed by atoms with E-state index in [9.17, 15) is 4.79 Å². The normalized spacial score (nSPS) is 7.70. The fourth-order valence-corrected chi connectivity index (χ4v) is 0.596. The van der Waals surface area contributed by atoms with Crippen LogP contribution in [-0.2, 0) is 4.79 Å². The predicted octanol–water partition coefficient (Wildman–Crippen LogP) is 1.18. The van der Waals surface area contributed by atoms with Gasteiger partial charge in [-0.25, -0.2) is 0 Å². The third-order valence-corrected chi connectivity index (χ3v) is 1.11. The lowest BCUT2D eigenvalue weighted by molar-refractivity contribution is 0.551. The van der Waals surface area contributed by atoms with Gasteiger partial charge in [0.15, 0.2) is 0 Å². The SMILES string of the molecule is CCCCCC#CN[C]=O. The molecule has 55 valence electrons. The summed E-state index contributed by atoms with van der Waals surface area (Å²) in [6.07, 6.45) is 5.87. The van der Waals surface area contributed by atoms with Gasteiger partial charge in [0, 0.05) is 12.5 Å². The van der Waals surface area contributed by atoms with Gasteiger partial charge in [-0.1, -0.05) is 25.7 Å². The highest BCUT2D eigenvalue weighted by molar-refractivity contribution is 5.50. The van der Waals surface area contributed by atoms with Crippen molar-refractivity contribution in [2.45, 2.75) is 32.6 Å². The minimum Gasteiger partial charge on any atom is -0.277 e. The van der Waals surface area contributed by atoms with Gasteiger partial charge in [-0.15, -0.1) is 0 Å². The lowest BCUT2D eigenvalue weighted by Crippen LogP contribution is -1.98. The molecule has 0 heterocycles. The molecule has 1 radical (unpaired) electrons. The predicted molar refractivity (Wildman–Crippen MR) is 40.7 cm³/mol. The van der Waals surface area contributed by atoms with E-state index >= 15 is 0 Å². The molecule has 0 atom stereocenters. The minimum absolute atomic E-state index is 0.864. The van der Waals surface area contributed by atoms with Crippen molar-refractivity contribution in [2.75, 3.05) is 0 Å². The molecule has 0 aliphatic rings. The van der Waals surface area contributed by atoms with Crippen molar-refractivity contribution in [3.63, 3.8) is 0 Å². The van der Waals surface area contributed by atoms with Crippen molar-refractivity contribution in [3.8, 4) is 12.0 Å². The Bertz CT molecular complexity index is 132. The highest BCUT2D eigenvalue weighted by Gasteiger charge is 1.79. The first-order valence-corrected chi connectivity index (χ1v) is 3.51. The van der Waals surface area contributed by atoms with Crippen LogP contribution in [0.3, 0.4) is 0 Å². The van der Waals surface area contributed by atoms with E-state index in [1.807, 2.05) is 0 Å². The summed E-state index contributed by atoms with van der Waals surface area (Å²) in [6.45, 7) is 2.14. The number of rotatable bonds is 4. The van der Waals surface area contributed by atoms with Crippen molar-refractivity contribution < 1.29 is 4.79 Å². The molecule has 0 spiro atoms. The maximum absolute atomic E-state index is 9.56. The first-order valence-electron chi connectivity index (χ1n) is 3.51. The zero-order valence-corrected chi connectivity index (χ0v) is 6.24. The third kappa shape index (κ3) is 7.03. The van der Waals surface area contributed by atoms with E-state index in [1.165, 1.54) is 19.3 Å². The lowest BCUT2D eigenvalue weighted by atomic mass is 10.2. The van der Waals surface area contributed by atoms with Crippen molar-refractivity contribution in [2.24, 2.45) is 0 Å². The molecule has 2 nitrogen and oxygen atoms in total. The summed E-state index contributed by atoms with van der Waals surface area (Å²) < 4.78 is 0. The standard InChI is InChI=1S/C8H12NO/c1-2-3-4-5-6-7-9-8-10/h2-5H2,1H3,(H,9,10). The molecule has 0 saturated heterocycles. The Kier molecular flexibility index (Phi) is 7.25. The second-order valence-corrected chi connectivity index (χ2v) is 1.99. The van der Waals surface area contributed by atoms with E-state index in [0.717, 1.165) is 12.8 Å². The summed E-state index contributed by atoms with van der Waals surface area (Å²) in [5.41, 5.74) is 0. The minimum atomic E-state index is 0.864. The van der Waals surface area contributed by atoms with Gasteiger partial charge in [0.1, 0.15) is 0 Å². The van der Waals surface area contributed by atoms with Crippen molar-refractivity contribution in [3.05, 3.63) is 0 Å². The number of nitrogens with one attached hydrogen (secondary N) is 1. The molecular weight excluding hydrogens is 126 g/mol. The highest BCUT2D eigenvalue weighted by Crippen LogP contribution is 1.95. The van der Waals surface area contributed by atoms with E-state index in [1.54, 1.807) is 0 Å². The van der Waals surface area contributed by atoms with E-state index in [4.69, 9.17) is 0 Å². The Balaban J connectivity index is 3.03. The Labute approximate surface area is 62.0 Å². The topological polar surface area (TPSA) is 29.1 Å². The van der Waals surface area contributed by atoms with Gasteiger partial charge >= 0.3 is 6.41 Å². The highest BCUT2D eigenvalue weighted by atomic mass is 16.1. The average Bonchev–Trinajstić information content (AvgIpc) is 1.97. The molecular formula is C8H12NO. The maximum Gasteiger partial charge on any atom is 0.321 e. The van der Waals surface area contributed by atoms with Crippen LogP contribution in [0.1, 0.15) is 32.6 Å². The summed E-state index contributed by atoms with van der Waals surface area (Å²) in [5.74, 6) is 2.80. The van der Waals surface area contributed by atoms with Gasteiger partial charge in [0.05, 0.1) is 0 Å². The van der Waals surface area contributed by atoms with Crippen LogP contribution < -0.4 is 5.32 Å². The molecule has 10 heavy (non-hydrogen) atoms. The largest absolute Gasteiger partial charge is 0.321 e. The molecule has 0 aliphatic carbocycles. The van der Waals surface area contributed by atoms with Crippen LogP contribution in [0.15, 0.2) is 0 Å². The van der Waals surface area contributed by atoms with Crippen LogP contribution in [0.25, 0.3) is 0 Å². The monoisotopic (exact) mass is 138 g/mol. The van der Waals surface area contributed by atoms with Crippen LogP contribution in [0, 0.1) is 12.0 Å². The number of hydrogen-bond acceptors (Lipinski definition) is 1. The number of amides is 1. The Hall–Kier alpha value is -0.970. The number of carbonyl (C=O) groups excluding carboxylic acids is 1. The van der Waals surface area contributed by atoms with E-state index in [-0.39, 0.29) is 0 Å². The molecule has 0 fully saturated rings. The fraction of sp³-hybridized carbons (Fsp3) is 0.625. The fourth-order valence-electron chi connectivity index (χ4n) is 0.596. The van der Waals surface area contributed by atoms with Gasteiger partial charge in [-0.05, 0) is 6.42 Å². The summed E-state index contributed by atoms with van der Waals surface area (Å²) in [7, 11) is 0. The Morgan fingerprint density at radius 3 is 2.80 bits per heavy atom. The van der Waals surface area contributed by atoms with E-state index < -0.39 is 0 Å². The van der Waals surface area contributed by atoms with Crippen LogP contribution in [0.2, 0.25) is 0 Å². The van der Waals surface area contributed by atoms with Crippen LogP contribution in [0.4, 0.5) is 0 Å². The molecule has 0 aromatic heterocycles. The summed E-state index contributed by atoms with van der Waals surface area (Å²) >= 11 is 0. The van der Waals surface area contributed by atoms with Gasteiger partial charge < -0.3 is 0 Å². The zero-order chi connectivity index (χ0) is 7.66. The first-order chi connectivity index (χ1) is 4.91. The summed E-state index contributed by atoms with van der Waals surface area (Å²) in [5, 5.41) is 2.16. The molecule has 0 unspecified atom stereocenters. The molecule has 0 rings (SSSR count). The Morgan fingerprint density at radius 2 is 2.20 bits per heavy atom. The third-order valence-electron chi connectivity index (χ3n) is 1.11. The van der Waals surface area contributed by atoms with Crippen molar-refractivity contribution >= 4 is 6.41 Å². The van der Waals surface area contributed by atoms with Crippen LogP contribution in [-0.4, -0.2) is 6.41 Å². The number of unbranched alkanes of at least 4 members (excludes halogenated alkanes) is 3. The average molecular weight is 138 g/mol. The molecule has 0 saturated carbocycles. The second-order valence-electron chi connectivity index (χ2n) is 1.99. The van der Waals surface area contributed by atoms with Gasteiger partial charge in [0.2, 0.25) is 0 Å². The molecule has 0 bridgehead atoms. The molecule has 1 amide bonds. The quantitative estimate of drug-likeness (QED) is 0.353. The molecule has 0 aliphatic heterocycles. The molecule has 2 heteroatoms.